The fourth-order valence-electron chi connectivity index (χ4n) is 2.57. The zero-order chi connectivity index (χ0) is 13.9. The Labute approximate surface area is 117 Å². The molecule has 6 heteroatoms. The smallest absolute Gasteiger partial charge is 0.179 e. The second-order valence-corrected chi connectivity index (χ2v) is 4.72. The highest BCUT2D eigenvalue weighted by Crippen LogP contribution is 2.31. The van der Waals surface area contributed by atoms with Crippen LogP contribution >= 0.6 is 0 Å². The van der Waals surface area contributed by atoms with Crippen molar-refractivity contribution >= 4 is 5.82 Å². The topological polar surface area (TPSA) is 61.2 Å². The summed E-state index contributed by atoms with van der Waals surface area (Å²) in [7, 11) is 3.31. The van der Waals surface area contributed by atoms with Gasteiger partial charge in [-0.1, -0.05) is 0 Å². The molecule has 0 fully saturated rings. The summed E-state index contributed by atoms with van der Waals surface area (Å²) in [5.41, 5.74) is 1.90. The van der Waals surface area contributed by atoms with Crippen molar-refractivity contribution in [3.8, 4) is 11.3 Å². The molecule has 0 aliphatic carbocycles. The van der Waals surface area contributed by atoms with Crippen LogP contribution in [0.1, 0.15) is 12.5 Å². The molecule has 3 heterocycles. The third-order valence-electron chi connectivity index (χ3n) is 3.53. The van der Waals surface area contributed by atoms with Crippen molar-refractivity contribution in [2.45, 2.75) is 18.8 Å². The lowest BCUT2D eigenvalue weighted by Crippen LogP contribution is -2.34. The van der Waals surface area contributed by atoms with Crippen molar-refractivity contribution in [1.29, 1.82) is 0 Å². The molecule has 106 valence electrons. The molecule has 0 spiro atoms. The van der Waals surface area contributed by atoms with Crippen LogP contribution in [0.25, 0.3) is 11.3 Å². The minimum Gasteiger partial charge on any atom is -0.370 e. The highest BCUT2D eigenvalue weighted by Gasteiger charge is 2.29. The maximum Gasteiger partial charge on any atom is 0.179 e. The Kier molecular flexibility index (Phi) is 3.66. The van der Waals surface area contributed by atoms with Gasteiger partial charge in [-0.15, -0.1) is 0 Å². The molecule has 1 aliphatic rings. The number of nitrogens with zero attached hydrogens (tertiary/aromatic N) is 3. The summed E-state index contributed by atoms with van der Waals surface area (Å²) in [5.74, 6) is 0.985. The summed E-state index contributed by atoms with van der Waals surface area (Å²) in [4.78, 5) is 4.13. The van der Waals surface area contributed by atoms with E-state index in [1.165, 1.54) is 0 Å². The first kappa shape index (κ1) is 13.1. The number of nitrogens with one attached hydrogen (secondary N) is 1. The molecule has 2 aromatic heterocycles. The van der Waals surface area contributed by atoms with Gasteiger partial charge in [0.25, 0.3) is 0 Å². The summed E-state index contributed by atoms with van der Waals surface area (Å²) in [5, 5.41) is 8.03. The van der Waals surface area contributed by atoms with E-state index in [4.69, 9.17) is 9.47 Å². The van der Waals surface area contributed by atoms with Gasteiger partial charge in [0, 0.05) is 44.8 Å². The Balaban J connectivity index is 1.96. The van der Waals surface area contributed by atoms with Crippen LogP contribution in [0.5, 0.6) is 0 Å². The monoisotopic (exact) mass is 274 g/mol. The molecule has 0 bridgehead atoms. The van der Waals surface area contributed by atoms with Gasteiger partial charge in [0.15, 0.2) is 6.29 Å². The highest BCUT2D eigenvalue weighted by atomic mass is 16.7. The maximum atomic E-state index is 5.39. The van der Waals surface area contributed by atoms with Gasteiger partial charge in [-0.05, 0) is 18.6 Å². The van der Waals surface area contributed by atoms with Crippen molar-refractivity contribution in [2.24, 2.45) is 0 Å². The molecule has 1 aliphatic heterocycles. The van der Waals surface area contributed by atoms with Gasteiger partial charge in [0.2, 0.25) is 0 Å². The van der Waals surface area contributed by atoms with Crippen LogP contribution < -0.4 is 5.32 Å². The van der Waals surface area contributed by atoms with E-state index in [2.05, 4.69) is 15.4 Å². The van der Waals surface area contributed by atoms with Crippen molar-refractivity contribution in [3.63, 3.8) is 0 Å². The Hall–Kier alpha value is -1.92. The number of rotatable bonds is 4. The summed E-state index contributed by atoms with van der Waals surface area (Å²) in [6.45, 7) is 0.881. The number of methoxy groups -OCH3 is 2. The first-order valence-electron chi connectivity index (χ1n) is 6.63. The molecule has 0 radical (unpaired) electrons. The molecule has 1 unspecified atom stereocenters. The van der Waals surface area contributed by atoms with Crippen LogP contribution in [0.2, 0.25) is 0 Å². The van der Waals surface area contributed by atoms with E-state index in [9.17, 15) is 0 Å². The Morgan fingerprint density at radius 2 is 2.25 bits per heavy atom. The number of pyridine rings is 1. The van der Waals surface area contributed by atoms with E-state index in [1.54, 1.807) is 20.4 Å². The van der Waals surface area contributed by atoms with Crippen molar-refractivity contribution in [3.05, 3.63) is 30.6 Å². The first-order valence-corrected chi connectivity index (χ1v) is 6.63. The molecular weight excluding hydrogens is 256 g/mol. The predicted octanol–water partition coefficient (Wildman–Crippen LogP) is 1.92. The number of hydrogen-bond acceptors (Lipinski definition) is 5. The summed E-state index contributed by atoms with van der Waals surface area (Å²) in [6, 6.07) is 6.02. The second kappa shape index (κ2) is 5.60. The molecule has 0 saturated carbocycles. The lowest BCUT2D eigenvalue weighted by molar-refractivity contribution is -0.135. The lowest BCUT2D eigenvalue weighted by Gasteiger charge is -2.30. The zero-order valence-corrected chi connectivity index (χ0v) is 11.6. The van der Waals surface area contributed by atoms with Gasteiger partial charge in [0.05, 0.1) is 5.69 Å². The van der Waals surface area contributed by atoms with Crippen LogP contribution in [0.15, 0.2) is 30.6 Å². The molecule has 1 atom stereocenters. The molecule has 3 rings (SSSR count). The lowest BCUT2D eigenvalue weighted by atomic mass is 10.1. The van der Waals surface area contributed by atoms with Gasteiger partial charge in [-0.3, -0.25) is 4.98 Å². The minimum atomic E-state index is -0.294. The highest BCUT2D eigenvalue weighted by molar-refractivity contribution is 5.62. The fourth-order valence-corrected chi connectivity index (χ4v) is 2.57. The van der Waals surface area contributed by atoms with E-state index < -0.39 is 0 Å². The number of ether oxygens (including phenoxy) is 2. The van der Waals surface area contributed by atoms with E-state index >= 15 is 0 Å². The molecule has 6 nitrogen and oxygen atoms in total. The standard InChI is InChI=1S/C14H18N4O2/c1-19-14(20-2)12-5-7-16-13-8-11(17-18(12)13)10-4-3-6-15-9-10/h3-4,6,8-9,12,14,16H,5,7H2,1-2H3. The summed E-state index contributed by atoms with van der Waals surface area (Å²) < 4.78 is 12.7. The van der Waals surface area contributed by atoms with E-state index in [0.29, 0.717) is 0 Å². The Morgan fingerprint density at radius 1 is 1.40 bits per heavy atom. The minimum absolute atomic E-state index is 0.0756. The summed E-state index contributed by atoms with van der Waals surface area (Å²) >= 11 is 0. The van der Waals surface area contributed by atoms with Crippen LogP contribution in [-0.4, -0.2) is 41.8 Å². The average Bonchev–Trinajstić information content (AvgIpc) is 2.94. The zero-order valence-electron chi connectivity index (χ0n) is 11.6. The molecule has 0 amide bonds. The molecule has 0 saturated heterocycles. The third kappa shape index (κ3) is 2.28. The van der Waals surface area contributed by atoms with Crippen molar-refractivity contribution in [2.75, 3.05) is 26.1 Å². The van der Waals surface area contributed by atoms with Crippen molar-refractivity contribution in [1.82, 2.24) is 14.8 Å². The van der Waals surface area contributed by atoms with Crippen molar-refractivity contribution < 1.29 is 9.47 Å². The molecule has 1 N–H and O–H groups in total. The maximum absolute atomic E-state index is 5.39. The normalized spacial score (nSPS) is 17.9. The molecular formula is C14H18N4O2. The second-order valence-electron chi connectivity index (χ2n) is 4.72. The van der Waals surface area contributed by atoms with E-state index in [-0.39, 0.29) is 12.3 Å². The number of fused-ring (bicyclic) bond motifs is 1. The van der Waals surface area contributed by atoms with Gasteiger partial charge in [-0.25, -0.2) is 4.68 Å². The van der Waals surface area contributed by atoms with E-state index in [0.717, 1.165) is 30.0 Å². The third-order valence-corrected chi connectivity index (χ3v) is 3.53. The first-order chi connectivity index (χ1) is 9.83. The Morgan fingerprint density at radius 3 is 2.95 bits per heavy atom. The molecule has 2 aromatic rings. The van der Waals surface area contributed by atoms with E-state index in [1.807, 2.05) is 29.1 Å². The largest absolute Gasteiger partial charge is 0.370 e. The quantitative estimate of drug-likeness (QED) is 0.863. The van der Waals surface area contributed by atoms with Crippen LogP contribution in [0, 0.1) is 0 Å². The predicted molar refractivity (Wildman–Crippen MR) is 75.4 cm³/mol. The number of hydrogen-bond donors (Lipinski definition) is 1. The number of anilines is 1. The van der Waals surface area contributed by atoms with Gasteiger partial charge in [-0.2, -0.15) is 5.10 Å². The number of aromatic nitrogens is 3. The Bertz CT molecular complexity index is 566. The van der Waals surface area contributed by atoms with Crippen LogP contribution in [0.4, 0.5) is 5.82 Å². The molecule has 0 aromatic carbocycles. The SMILES string of the molecule is COC(OC)C1CCNc2cc(-c3cccnc3)nn21. The average molecular weight is 274 g/mol. The fraction of sp³-hybridized carbons (Fsp3) is 0.429. The van der Waals surface area contributed by atoms with Gasteiger partial charge in [0.1, 0.15) is 11.9 Å². The van der Waals surface area contributed by atoms with Gasteiger partial charge >= 0.3 is 0 Å². The van der Waals surface area contributed by atoms with Gasteiger partial charge < -0.3 is 14.8 Å². The van der Waals surface area contributed by atoms with Crippen LogP contribution in [0.3, 0.4) is 0 Å². The molecule has 20 heavy (non-hydrogen) atoms. The van der Waals surface area contributed by atoms with Crippen LogP contribution in [-0.2, 0) is 9.47 Å². The summed E-state index contributed by atoms with van der Waals surface area (Å²) in [6.07, 6.45) is 4.19.